The number of halogens is 1. The van der Waals surface area contributed by atoms with Crippen molar-refractivity contribution in [2.45, 2.75) is 18.6 Å². The second-order valence-electron chi connectivity index (χ2n) is 6.56. The number of nitrogens with zero attached hydrogens (tertiary/aromatic N) is 3. The van der Waals surface area contributed by atoms with E-state index in [1.54, 1.807) is 41.8 Å². The second-order valence-corrected chi connectivity index (χ2v) is 7.50. The van der Waals surface area contributed by atoms with Crippen molar-refractivity contribution in [1.82, 2.24) is 20.1 Å². The third-order valence-electron chi connectivity index (χ3n) is 4.46. The SMILES string of the molecule is CCOC(=O)CSc1nnc(CNC(=O)c2ccc(OC)c(OC)c2)n1-c1ccc(F)cc1. The van der Waals surface area contributed by atoms with E-state index in [1.807, 2.05) is 0 Å². The molecule has 0 saturated carbocycles. The molecule has 2 aromatic carbocycles. The van der Waals surface area contributed by atoms with Crippen LogP contribution < -0.4 is 14.8 Å². The van der Waals surface area contributed by atoms with Gasteiger partial charge >= 0.3 is 5.97 Å². The van der Waals surface area contributed by atoms with E-state index in [2.05, 4.69) is 15.5 Å². The molecule has 0 aliphatic rings. The molecule has 0 spiro atoms. The average Bonchev–Trinajstić information content (AvgIpc) is 3.24. The molecule has 0 bridgehead atoms. The Bertz CT molecular complexity index is 1120. The fourth-order valence-corrected chi connectivity index (χ4v) is 3.69. The van der Waals surface area contributed by atoms with Gasteiger partial charge in [-0.3, -0.25) is 14.2 Å². The van der Waals surface area contributed by atoms with E-state index in [0.717, 1.165) is 11.8 Å². The minimum absolute atomic E-state index is 0.0329. The molecule has 9 nitrogen and oxygen atoms in total. The van der Waals surface area contributed by atoms with Gasteiger partial charge in [-0.2, -0.15) is 0 Å². The molecule has 0 fully saturated rings. The number of amides is 1. The Labute approximate surface area is 194 Å². The first-order valence-corrected chi connectivity index (χ1v) is 10.9. The van der Waals surface area contributed by atoms with E-state index < -0.39 is 5.82 Å². The summed E-state index contributed by atoms with van der Waals surface area (Å²) in [4.78, 5) is 24.5. The molecule has 174 valence electrons. The molecule has 1 amide bonds. The van der Waals surface area contributed by atoms with Crippen LogP contribution in [0, 0.1) is 5.82 Å². The highest BCUT2D eigenvalue weighted by Crippen LogP contribution is 2.27. The van der Waals surface area contributed by atoms with Gasteiger partial charge in [0.2, 0.25) is 0 Å². The summed E-state index contributed by atoms with van der Waals surface area (Å²) in [5.41, 5.74) is 0.959. The number of hydrogen-bond donors (Lipinski definition) is 1. The Kier molecular flexibility index (Phi) is 8.25. The predicted molar refractivity (Wildman–Crippen MR) is 119 cm³/mol. The highest BCUT2D eigenvalue weighted by Gasteiger charge is 2.18. The summed E-state index contributed by atoms with van der Waals surface area (Å²) >= 11 is 1.13. The highest BCUT2D eigenvalue weighted by atomic mass is 32.2. The number of esters is 1. The average molecular weight is 475 g/mol. The van der Waals surface area contributed by atoms with Gasteiger partial charge in [0.15, 0.2) is 22.5 Å². The lowest BCUT2D eigenvalue weighted by Crippen LogP contribution is -2.24. The molecule has 0 atom stereocenters. The molecule has 1 aromatic heterocycles. The zero-order chi connectivity index (χ0) is 23.8. The van der Waals surface area contributed by atoms with E-state index in [-0.39, 0.29) is 30.8 Å². The number of benzene rings is 2. The number of aromatic nitrogens is 3. The topological polar surface area (TPSA) is 105 Å². The van der Waals surface area contributed by atoms with E-state index in [4.69, 9.17) is 14.2 Å². The van der Waals surface area contributed by atoms with Crippen molar-refractivity contribution in [2.75, 3.05) is 26.6 Å². The van der Waals surface area contributed by atoms with Gasteiger partial charge in [0.05, 0.1) is 33.1 Å². The summed E-state index contributed by atoms with van der Waals surface area (Å²) in [5.74, 6) is 0.235. The third kappa shape index (κ3) is 6.01. The van der Waals surface area contributed by atoms with Gasteiger partial charge in [0.1, 0.15) is 5.82 Å². The van der Waals surface area contributed by atoms with Crippen LogP contribution in [0.25, 0.3) is 5.69 Å². The molecule has 3 rings (SSSR count). The van der Waals surface area contributed by atoms with Crippen LogP contribution in [-0.4, -0.2) is 53.2 Å². The van der Waals surface area contributed by atoms with E-state index in [0.29, 0.717) is 33.7 Å². The van der Waals surface area contributed by atoms with Crippen LogP contribution in [0.2, 0.25) is 0 Å². The number of carbonyl (C=O) groups excluding carboxylic acids is 2. The van der Waals surface area contributed by atoms with Crippen molar-refractivity contribution < 1.29 is 28.2 Å². The quantitative estimate of drug-likeness (QED) is 0.353. The molecule has 0 radical (unpaired) electrons. The number of hydrogen-bond acceptors (Lipinski definition) is 8. The van der Waals surface area contributed by atoms with Crippen molar-refractivity contribution in [3.63, 3.8) is 0 Å². The summed E-state index contributed by atoms with van der Waals surface area (Å²) in [7, 11) is 3.00. The molecule has 0 aliphatic carbocycles. The molecule has 0 saturated heterocycles. The van der Waals surface area contributed by atoms with Crippen LogP contribution in [-0.2, 0) is 16.1 Å². The van der Waals surface area contributed by atoms with Crippen molar-refractivity contribution in [1.29, 1.82) is 0 Å². The van der Waals surface area contributed by atoms with Gasteiger partial charge in [-0.25, -0.2) is 4.39 Å². The molecule has 3 aromatic rings. The van der Waals surface area contributed by atoms with Crippen LogP contribution in [0.4, 0.5) is 4.39 Å². The van der Waals surface area contributed by atoms with Gasteiger partial charge in [0.25, 0.3) is 5.91 Å². The van der Waals surface area contributed by atoms with Crippen LogP contribution >= 0.6 is 11.8 Å². The third-order valence-corrected chi connectivity index (χ3v) is 5.36. The van der Waals surface area contributed by atoms with Gasteiger partial charge < -0.3 is 19.5 Å². The van der Waals surface area contributed by atoms with Crippen molar-refractivity contribution in [3.05, 3.63) is 59.7 Å². The highest BCUT2D eigenvalue weighted by molar-refractivity contribution is 7.99. The molecule has 1 heterocycles. The number of rotatable bonds is 10. The van der Waals surface area contributed by atoms with Crippen LogP contribution in [0.15, 0.2) is 47.6 Å². The summed E-state index contributed by atoms with van der Waals surface area (Å²) in [6.45, 7) is 2.04. The number of ether oxygens (including phenoxy) is 3. The minimum Gasteiger partial charge on any atom is -0.493 e. The lowest BCUT2D eigenvalue weighted by Gasteiger charge is -2.12. The fourth-order valence-electron chi connectivity index (χ4n) is 2.92. The maximum absolute atomic E-state index is 13.4. The maximum atomic E-state index is 13.4. The molecular weight excluding hydrogens is 451 g/mol. The summed E-state index contributed by atoms with van der Waals surface area (Å²) < 4.78 is 30.5. The smallest absolute Gasteiger partial charge is 0.316 e. The van der Waals surface area contributed by atoms with Crippen molar-refractivity contribution in [2.24, 2.45) is 0 Å². The van der Waals surface area contributed by atoms with Gasteiger partial charge in [-0.15, -0.1) is 10.2 Å². The van der Waals surface area contributed by atoms with E-state index in [1.165, 1.54) is 26.4 Å². The zero-order valence-electron chi connectivity index (χ0n) is 18.3. The number of nitrogens with one attached hydrogen (secondary N) is 1. The lowest BCUT2D eigenvalue weighted by molar-refractivity contribution is -0.139. The lowest BCUT2D eigenvalue weighted by atomic mass is 10.2. The minimum atomic E-state index is -0.393. The molecule has 33 heavy (non-hydrogen) atoms. The molecule has 0 aliphatic heterocycles. The molecule has 1 N–H and O–H groups in total. The summed E-state index contributed by atoms with van der Waals surface area (Å²) in [6, 6.07) is 10.6. The van der Waals surface area contributed by atoms with Crippen LogP contribution in [0.1, 0.15) is 23.1 Å². The first-order chi connectivity index (χ1) is 16.0. The fraction of sp³-hybridized carbons (Fsp3) is 0.273. The Hall–Kier alpha value is -3.60. The van der Waals surface area contributed by atoms with Crippen molar-refractivity contribution in [3.8, 4) is 17.2 Å². The van der Waals surface area contributed by atoms with Crippen LogP contribution in [0.5, 0.6) is 11.5 Å². The van der Waals surface area contributed by atoms with E-state index >= 15 is 0 Å². The van der Waals surface area contributed by atoms with E-state index in [9.17, 15) is 14.0 Å². The van der Waals surface area contributed by atoms with Gasteiger partial charge in [0, 0.05) is 11.3 Å². The van der Waals surface area contributed by atoms with Gasteiger partial charge in [-0.05, 0) is 49.4 Å². The molecular formula is C22H23FN4O5S. The Morgan fingerprint density at radius 1 is 1.06 bits per heavy atom. The number of methoxy groups -OCH3 is 2. The largest absolute Gasteiger partial charge is 0.493 e. The Morgan fingerprint density at radius 3 is 2.45 bits per heavy atom. The Morgan fingerprint density at radius 2 is 1.79 bits per heavy atom. The second kappa shape index (κ2) is 11.3. The maximum Gasteiger partial charge on any atom is 0.316 e. The van der Waals surface area contributed by atoms with Gasteiger partial charge in [-0.1, -0.05) is 11.8 Å². The first-order valence-electron chi connectivity index (χ1n) is 9.95. The predicted octanol–water partition coefficient (Wildman–Crippen LogP) is 3.01. The molecule has 0 unspecified atom stereocenters. The summed E-state index contributed by atoms with van der Waals surface area (Å²) in [5, 5.41) is 11.5. The zero-order valence-corrected chi connectivity index (χ0v) is 19.1. The normalized spacial score (nSPS) is 10.5. The number of thioether (sulfide) groups is 1. The molecule has 11 heteroatoms. The Balaban J connectivity index is 1.81. The summed E-state index contributed by atoms with van der Waals surface area (Å²) in [6.07, 6.45) is 0. The number of carbonyl (C=O) groups is 2. The van der Waals surface area contributed by atoms with Crippen molar-refractivity contribution >= 4 is 23.6 Å². The first kappa shape index (κ1) is 24.1. The monoisotopic (exact) mass is 474 g/mol. The van der Waals surface area contributed by atoms with Crippen LogP contribution in [0.3, 0.4) is 0 Å². The standard InChI is InChI=1S/C22H23FN4O5S/c1-4-32-20(28)13-33-22-26-25-19(27(22)16-8-6-15(23)7-9-16)12-24-21(29)14-5-10-17(30-2)18(11-14)31-3/h5-11H,4,12-13H2,1-3H3,(H,24,29).